The van der Waals surface area contributed by atoms with E-state index in [2.05, 4.69) is 5.32 Å². The van der Waals surface area contributed by atoms with Crippen molar-refractivity contribution in [2.24, 2.45) is 0 Å². The van der Waals surface area contributed by atoms with Gasteiger partial charge in [0.15, 0.2) is 0 Å². The van der Waals surface area contributed by atoms with E-state index in [1.165, 1.54) is 17.0 Å². The molecule has 18 heavy (non-hydrogen) atoms. The van der Waals surface area contributed by atoms with Crippen LogP contribution in [-0.2, 0) is 16.1 Å². The fourth-order valence-corrected chi connectivity index (χ4v) is 1.99. The highest BCUT2D eigenvalue weighted by molar-refractivity contribution is 6.30. The van der Waals surface area contributed by atoms with Gasteiger partial charge in [-0.1, -0.05) is 17.7 Å². The van der Waals surface area contributed by atoms with Gasteiger partial charge in [-0.05, 0) is 19.1 Å². The molecule has 1 atom stereocenters. The van der Waals surface area contributed by atoms with E-state index in [9.17, 15) is 14.0 Å². The summed E-state index contributed by atoms with van der Waals surface area (Å²) >= 11 is 5.66. The predicted molar refractivity (Wildman–Crippen MR) is 64.4 cm³/mol. The number of amides is 2. The Labute approximate surface area is 109 Å². The summed E-state index contributed by atoms with van der Waals surface area (Å²) < 4.78 is 13.6. The highest BCUT2D eigenvalue weighted by atomic mass is 35.5. The molecule has 1 fully saturated rings. The molecule has 1 N–H and O–H groups in total. The van der Waals surface area contributed by atoms with Crippen LogP contribution in [0.25, 0.3) is 0 Å². The average Bonchev–Trinajstić information content (AvgIpc) is 2.32. The number of carbonyl (C=O) groups excluding carboxylic acids is 2. The topological polar surface area (TPSA) is 49.4 Å². The van der Waals surface area contributed by atoms with Gasteiger partial charge >= 0.3 is 0 Å². The summed E-state index contributed by atoms with van der Waals surface area (Å²) in [5.41, 5.74) is 0.342. The van der Waals surface area contributed by atoms with Crippen molar-refractivity contribution >= 4 is 23.4 Å². The van der Waals surface area contributed by atoms with Gasteiger partial charge in [0.1, 0.15) is 11.9 Å². The minimum absolute atomic E-state index is 0.0433. The van der Waals surface area contributed by atoms with E-state index in [1.54, 1.807) is 13.0 Å². The molecule has 4 nitrogen and oxygen atoms in total. The van der Waals surface area contributed by atoms with E-state index in [-0.39, 0.29) is 24.9 Å². The van der Waals surface area contributed by atoms with Crippen LogP contribution >= 0.6 is 11.6 Å². The van der Waals surface area contributed by atoms with Crippen LogP contribution in [-0.4, -0.2) is 29.3 Å². The molecule has 0 aromatic heterocycles. The molecule has 0 radical (unpaired) electrons. The second-order valence-corrected chi connectivity index (χ2v) is 4.59. The number of halogens is 2. The van der Waals surface area contributed by atoms with E-state index in [0.29, 0.717) is 10.6 Å². The van der Waals surface area contributed by atoms with E-state index in [4.69, 9.17) is 11.6 Å². The second-order valence-electron chi connectivity index (χ2n) is 4.15. The molecule has 0 saturated carbocycles. The number of carbonyl (C=O) groups is 2. The Kier molecular flexibility index (Phi) is 3.52. The van der Waals surface area contributed by atoms with Crippen molar-refractivity contribution in [2.75, 3.05) is 6.54 Å². The molecule has 0 bridgehead atoms. The van der Waals surface area contributed by atoms with Crippen LogP contribution in [0.5, 0.6) is 0 Å². The first-order chi connectivity index (χ1) is 8.49. The number of nitrogens with one attached hydrogen (secondary N) is 1. The zero-order valence-electron chi connectivity index (χ0n) is 9.74. The minimum atomic E-state index is -0.596. The van der Waals surface area contributed by atoms with Crippen molar-refractivity contribution in [1.29, 1.82) is 0 Å². The molecule has 96 valence electrons. The third kappa shape index (κ3) is 2.46. The van der Waals surface area contributed by atoms with E-state index in [0.717, 1.165) is 0 Å². The Morgan fingerprint density at radius 2 is 2.22 bits per heavy atom. The van der Waals surface area contributed by atoms with E-state index in [1.807, 2.05) is 0 Å². The Morgan fingerprint density at radius 1 is 1.50 bits per heavy atom. The third-order valence-corrected chi connectivity index (χ3v) is 3.17. The maximum absolute atomic E-state index is 13.6. The first kappa shape index (κ1) is 12.8. The number of hydrogen-bond acceptors (Lipinski definition) is 2. The van der Waals surface area contributed by atoms with Crippen molar-refractivity contribution < 1.29 is 14.0 Å². The summed E-state index contributed by atoms with van der Waals surface area (Å²) in [7, 11) is 0. The lowest BCUT2D eigenvalue weighted by molar-refractivity contribution is -0.145. The van der Waals surface area contributed by atoms with Gasteiger partial charge in [0.05, 0.1) is 6.54 Å². The molecule has 1 aromatic rings. The molecule has 1 aliphatic rings. The van der Waals surface area contributed by atoms with Crippen molar-refractivity contribution in [1.82, 2.24) is 10.2 Å². The molecule has 1 aliphatic heterocycles. The lowest BCUT2D eigenvalue weighted by atomic mass is 10.1. The van der Waals surface area contributed by atoms with Crippen LogP contribution in [0.3, 0.4) is 0 Å². The van der Waals surface area contributed by atoms with Gasteiger partial charge in [0, 0.05) is 17.1 Å². The highest BCUT2D eigenvalue weighted by Crippen LogP contribution is 2.18. The second kappa shape index (κ2) is 4.94. The molecule has 2 amide bonds. The third-order valence-electron chi connectivity index (χ3n) is 2.94. The first-order valence-electron chi connectivity index (χ1n) is 5.50. The predicted octanol–water partition coefficient (Wildman–Crippen LogP) is 1.33. The van der Waals surface area contributed by atoms with Gasteiger partial charge in [-0.3, -0.25) is 9.59 Å². The quantitative estimate of drug-likeness (QED) is 0.881. The molecule has 1 aromatic carbocycles. The van der Waals surface area contributed by atoms with Crippen molar-refractivity contribution in [3.63, 3.8) is 0 Å². The van der Waals surface area contributed by atoms with Crippen LogP contribution < -0.4 is 5.32 Å². The fourth-order valence-electron chi connectivity index (χ4n) is 1.83. The summed E-state index contributed by atoms with van der Waals surface area (Å²) in [6, 6.07) is 3.67. The number of piperazine rings is 1. The molecule has 1 unspecified atom stereocenters. The smallest absolute Gasteiger partial charge is 0.242 e. The number of rotatable bonds is 2. The van der Waals surface area contributed by atoms with Gasteiger partial charge < -0.3 is 10.2 Å². The molecule has 1 heterocycles. The van der Waals surface area contributed by atoms with Crippen LogP contribution in [0.2, 0.25) is 5.02 Å². The molecule has 6 heteroatoms. The SMILES string of the molecule is CC1C(=O)NCC(=O)N1Cc1ccc(Cl)cc1F. The molecular weight excluding hydrogens is 259 g/mol. The van der Waals surface area contributed by atoms with Crippen LogP contribution in [0.15, 0.2) is 18.2 Å². The zero-order valence-corrected chi connectivity index (χ0v) is 10.5. The van der Waals surface area contributed by atoms with Crippen molar-refractivity contribution in [3.8, 4) is 0 Å². The monoisotopic (exact) mass is 270 g/mol. The van der Waals surface area contributed by atoms with Gasteiger partial charge in [0.2, 0.25) is 11.8 Å². The summed E-state index contributed by atoms with van der Waals surface area (Å²) in [6.07, 6.45) is 0. The number of hydrogen-bond donors (Lipinski definition) is 1. The summed E-state index contributed by atoms with van der Waals surface area (Å²) in [4.78, 5) is 24.5. The van der Waals surface area contributed by atoms with Gasteiger partial charge in [-0.2, -0.15) is 0 Å². The lowest BCUT2D eigenvalue weighted by Gasteiger charge is -2.32. The minimum Gasteiger partial charge on any atom is -0.345 e. The van der Waals surface area contributed by atoms with E-state index < -0.39 is 11.9 Å². The molecule has 1 saturated heterocycles. The Bertz CT molecular complexity index is 507. The first-order valence-corrected chi connectivity index (χ1v) is 5.88. The molecular formula is C12H12ClFN2O2. The Morgan fingerprint density at radius 3 is 2.89 bits per heavy atom. The fraction of sp³-hybridized carbons (Fsp3) is 0.333. The van der Waals surface area contributed by atoms with Gasteiger partial charge in [-0.25, -0.2) is 4.39 Å². The molecule has 2 rings (SSSR count). The van der Waals surface area contributed by atoms with Crippen LogP contribution in [0, 0.1) is 5.82 Å². The highest BCUT2D eigenvalue weighted by Gasteiger charge is 2.31. The lowest BCUT2D eigenvalue weighted by Crippen LogP contribution is -2.56. The van der Waals surface area contributed by atoms with Gasteiger partial charge in [0.25, 0.3) is 0 Å². The van der Waals surface area contributed by atoms with Gasteiger partial charge in [-0.15, -0.1) is 0 Å². The summed E-state index contributed by atoms with van der Waals surface area (Å²) in [6.45, 7) is 1.63. The van der Waals surface area contributed by atoms with Crippen molar-refractivity contribution in [3.05, 3.63) is 34.6 Å². The largest absolute Gasteiger partial charge is 0.345 e. The average molecular weight is 271 g/mol. The zero-order chi connectivity index (χ0) is 13.3. The summed E-state index contributed by atoms with van der Waals surface area (Å²) in [5.74, 6) is -0.936. The van der Waals surface area contributed by atoms with E-state index >= 15 is 0 Å². The van der Waals surface area contributed by atoms with Crippen LogP contribution in [0.4, 0.5) is 4.39 Å². The normalized spacial score (nSPS) is 19.9. The Hall–Kier alpha value is -1.62. The standard InChI is InChI=1S/C12H12ClFN2O2/c1-7-12(18)15-5-11(17)16(7)6-8-2-3-9(13)4-10(8)14/h2-4,7H,5-6H2,1H3,(H,15,18). The number of nitrogens with zero attached hydrogens (tertiary/aromatic N) is 1. The van der Waals surface area contributed by atoms with Crippen molar-refractivity contribution in [2.45, 2.75) is 19.5 Å². The molecule has 0 spiro atoms. The summed E-state index contributed by atoms with van der Waals surface area (Å²) in [5, 5.41) is 2.77. The maximum Gasteiger partial charge on any atom is 0.242 e. The number of benzene rings is 1. The maximum atomic E-state index is 13.6. The Balaban J connectivity index is 2.21. The van der Waals surface area contributed by atoms with Crippen LogP contribution in [0.1, 0.15) is 12.5 Å². The molecule has 0 aliphatic carbocycles.